The minimum atomic E-state index is -0.309. The molecular weight excluding hydrogens is 398 g/mol. The fourth-order valence-corrected chi connectivity index (χ4v) is 3.28. The second kappa shape index (κ2) is 8.19. The summed E-state index contributed by atoms with van der Waals surface area (Å²) in [5.41, 5.74) is 8.26. The molecule has 0 aliphatic heterocycles. The SMILES string of the molecule is CNC(=O)c1cc(OC)cc(Nc2nc3ccccc3n2-c2cc(N)ncn2)c1OC. The number of ether oxygens (including phenoxy) is 2. The molecule has 0 spiro atoms. The second-order valence-electron chi connectivity index (χ2n) is 6.52. The fraction of sp³-hybridized carbons (Fsp3) is 0.143. The van der Waals surface area contributed by atoms with Crippen LogP contribution in [0.4, 0.5) is 17.5 Å². The number of carbonyl (C=O) groups excluding carboxylic acids is 1. The van der Waals surface area contributed by atoms with Crippen molar-refractivity contribution in [2.45, 2.75) is 0 Å². The van der Waals surface area contributed by atoms with Gasteiger partial charge < -0.3 is 25.8 Å². The van der Waals surface area contributed by atoms with E-state index in [1.165, 1.54) is 20.5 Å². The number of nitrogens with one attached hydrogen (secondary N) is 2. The molecule has 0 unspecified atom stereocenters. The van der Waals surface area contributed by atoms with Gasteiger partial charge in [0.05, 0.1) is 36.5 Å². The Labute approximate surface area is 178 Å². The van der Waals surface area contributed by atoms with Gasteiger partial charge in [0, 0.05) is 19.2 Å². The summed E-state index contributed by atoms with van der Waals surface area (Å²) < 4.78 is 12.7. The molecule has 2 aromatic heterocycles. The quantitative estimate of drug-likeness (QED) is 0.435. The number of nitrogens with two attached hydrogens (primary N) is 1. The van der Waals surface area contributed by atoms with Gasteiger partial charge in [0.1, 0.15) is 23.7 Å². The van der Waals surface area contributed by atoms with Gasteiger partial charge in [0.25, 0.3) is 5.91 Å². The lowest BCUT2D eigenvalue weighted by atomic mass is 10.1. The Bertz CT molecular complexity index is 1270. The third-order valence-electron chi connectivity index (χ3n) is 4.68. The number of benzene rings is 2. The van der Waals surface area contributed by atoms with E-state index in [4.69, 9.17) is 20.2 Å². The summed E-state index contributed by atoms with van der Waals surface area (Å²) in [5.74, 6) is 1.84. The van der Waals surface area contributed by atoms with Crippen LogP contribution in [0.25, 0.3) is 16.9 Å². The zero-order valence-electron chi connectivity index (χ0n) is 17.2. The molecule has 0 saturated carbocycles. The maximum atomic E-state index is 12.4. The number of para-hydroxylation sites is 2. The maximum absolute atomic E-state index is 12.4. The van der Waals surface area contributed by atoms with Crippen LogP contribution in [0.1, 0.15) is 10.4 Å². The van der Waals surface area contributed by atoms with E-state index in [1.807, 2.05) is 28.8 Å². The molecule has 10 heteroatoms. The average Bonchev–Trinajstić information content (AvgIpc) is 3.15. The first kappa shape index (κ1) is 20.0. The van der Waals surface area contributed by atoms with Crippen LogP contribution in [0.2, 0.25) is 0 Å². The summed E-state index contributed by atoms with van der Waals surface area (Å²) in [5, 5.41) is 5.87. The average molecular weight is 419 g/mol. The van der Waals surface area contributed by atoms with Gasteiger partial charge in [0.15, 0.2) is 5.75 Å². The summed E-state index contributed by atoms with van der Waals surface area (Å²) in [4.78, 5) is 25.4. The van der Waals surface area contributed by atoms with E-state index in [-0.39, 0.29) is 5.91 Å². The molecule has 0 aliphatic rings. The molecule has 31 heavy (non-hydrogen) atoms. The first-order valence-electron chi connectivity index (χ1n) is 9.36. The van der Waals surface area contributed by atoms with Crippen LogP contribution in [-0.4, -0.2) is 46.7 Å². The van der Waals surface area contributed by atoms with Gasteiger partial charge in [-0.15, -0.1) is 0 Å². The van der Waals surface area contributed by atoms with E-state index < -0.39 is 0 Å². The van der Waals surface area contributed by atoms with Gasteiger partial charge >= 0.3 is 0 Å². The summed E-state index contributed by atoms with van der Waals surface area (Å²) in [6.07, 6.45) is 1.39. The Balaban J connectivity index is 1.92. The molecule has 4 aromatic rings. The highest BCUT2D eigenvalue weighted by Gasteiger charge is 2.21. The highest BCUT2D eigenvalue weighted by Crippen LogP contribution is 2.36. The molecule has 0 aliphatic carbocycles. The standard InChI is InChI=1S/C21H21N7O3/c1-23-20(29)13-8-12(30-2)9-15(19(13)31-3)27-21-26-14-6-4-5-7-16(14)28(21)18-10-17(22)24-11-25-18/h4-11H,1-3H3,(H,23,29)(H,26,27)(H2,22,24,25). The minimum absolute atomic E-state index is 0.309. The largest absolute Gasteiger partial charge is 0.497 e. The van der Waals surface area contributed by atoms with Crippen molar-refractivity contribution in [2.75, 3.05) is 32.3 Å². The molecule has 158 valence electrons. The van der Waals surface area contributed by atoms with Crippen molar-refractivity contribution in [2.24, 2.45) is 0 Å². The number of hydrogen-bond donors (Lipinski definition) is 3. The number of amides is 1. The molecule has 10 nitrogen and oxygen atoms in total. The summed E-state index contributed by atoms with van der Waals surface area (Å²) in [6, 6.07) is 12.6. The van der Waals surface area contributed by atoms with Gasteiger partial charge in [-0.2, -0.15) is 0 Å². The van der Waals surface area contributed by atoms with Crippen LogP contribution < -0.4 is 25.8 Å². The topological polar surface area (TPSA) is 129 Å². The number of aromatic nitrogens is 4. The van der Waals surface area contributed by atoms with Gasteiger partial charge in [0.2, 0.25) is 5.95 Å². The molecule has 0 bridgehead atoms. The van der Waals surface area contributed by atoms with Crippen molar-refractivity contribution in [3.8, 4) is 17.3 Å². The van der Waals surface area contributed by atoms with Crippen LogP contribution in [0.15, 0.2) is 48.8 Å². The monoisotopic (exact) mass is 419 g/mol. The molecular formula is C21H21N7O3. The van der Waals surface area contributed by atoms with Crippen LogP contribution in [0.3, 0.4) is 0 Å². The van der Waals surface area contributed by atoms with Crippen molar-refractivity contribution in [1.29, 1.82) is 0 Å². The highest BCUT2D eigenvalue weighted by atomic mass is 16.5. The summed E-state index contributed by atoms with van der Waals surface area (Å²) in [7, 11) is 4.57. The summed E-state index contributed by atoms with van der Waals surface area (Å²) in [6.45, 7) is 0. The van der Waals surface area contributed by atoms with Crippen molar-refractivity contribution < 1.29 is 14.3 Å². The molecule has 2 aromatic carbocycles. The van der Waals surface area contributed by atoms with Crippen LogP contribution >= 0.6 is 0 Å². The zero-order chi connectivity index (χ0) is 22.0. The number of methoxy groups -OCH3 is 2. The number of nitrogens with zero attached hydrogens (tertiary/aromatic N) is 4. The number of nitrogen functional groups attached to an aromatic ring is 1. The third kappa shape index (κ3) is 3.66. The summed E-state index contributed by atoms with van der Waals surface area (Å²) >= 11 is 0. The third-order valence-corrected chi connectivity index (χ3v) is 4.68. The van der Waals surface area contributed by atoms with E-state index >= 15 is 0 Å². The van der Waals surface area contributed by atoms with E-state index in [0.717, 1.165) is 11.0 Å². The first-order valence-corrected chi connectivity index (χ1v) is 9.36. The van der Waals surface area contributed by atoms with Gasteiger partial charge in [-0.3, -0.25) is 9.36 Å². The molecule has 4 rings (SSSR count). The van der Waals surface area contributed by atoms with Gasteiger partial charge in [-0.25, -0.2) is 15.0 Å². The Morgan fingerprint density at radius 1 is 1.10 bits per heavy atom. The highest BCUT2D eigenvalue weighted by molar-refractivity contribution is 5.99. The maximum Gasteiger partial charge on any atom is 0.255 e. The van der Waals surface area contributed by atoms with E-state index in [1.54, 1.807) is 25.2 Å². The Hall–Kier alpha value is -4.34. The second-order valence-corrected chi connectivity index (χ2v) is 6.52. The van der Waals surface area contributed by atoms with Crippen molar-refractivity contribution in [3.63, 3.8) is 0 Å². The molecule has 0 fully saturated rings. The number of anilines is 3. The van der Waals surface area contributed by atoms with Crippen molar-refractivity contribution in [3.05, 3.63) is 54.4 Å². The number of fused-ring (bicyclic) bond motifs is 1. The van der Waals surface area contributed by atoms with Crippen LogP contribution in [0, 0.1) is 0 Å². The molecule has 2 heterocycles. The first-order chi connectivity index (χ1) is 15.0. The minimum Gasteiger partial charge on any atom is -0.497 e. The Morgan fingerprint density at radius 2 is 1.90 bits per heavy atom. The fourth-order valence-electron chi connectivity index (χ4n) is 3.28. The molecule has 4 N–H and O–H groups in total. The number of hydrogen-bond acceptors (Lipinski definition) is 8. The van der Waals surface area contributed by atoms with Gasteiger partial charge in [-0.1, -0.05) is 12.1 Å². The normalized spacial score (nSPS) is 10.7. The lowest BCUT2D eigenvalue weighted by Gasteiger charge is -2.17. The van der Waals surface area contributed by atoms with Crippen LogP contribution in [-0.2, 0) is 0 Å². The molecule has 0 saturated heterocycles. The van der Waals surface area contributed by atoms with E-state index in [0.29, 0.717) is 40.3 Å². The Kier molecular flexibility index (Phi) is 5.27. The Morgan fingerprint density at radius 3 is 2.61 bits per heavy atom. The predicted octanol–water partition coefficient (Wildman–Crippen LogP) is 2.52. The molecule has 0 radical (unpaired) electrons. The smallest absolute Gasteiger partial charge is 0.255 e. The van der Waals surface area contributed by atoms with Crippen molar-refractivity contribution >= 4 is 34.4 Å². The zero-order valence-corrected chi connectivity index (χ0v) is 17.2. The number of rotatable bonds is 6. The van der Waals surface area contributed by atoms with Gasteiger partial charge in [-0.05, 0) is 18.2 Å². The predicted molar refractivity (Wildman–Crippen MR) is 117 cm³/mol. The van der Waals surface area contributed by atoms with Crippen LogP contribution in [0.5, 0.6) is 11.5 Å². The number of carbonyl (C=O) groups is 1. The lowest BCUT2D eigenvalue weighted by Crippen LogP contribution is -2.19. The lowest BCUT2D eigenvalue weighted by molar-refractivity contribution is 0.0960. The van der Waals surface area contributed by atoms with Crippen molar-refractivity contribution in [1.82, 2.24) is 24.8 Å². The van der Waals surface area contributed by atoms with E-state index in [2.05, 4.69) is 20.6 Å². The molecule has 0 atom stereocenters. The van der Waals surface area contributed by atoms with E-state index in [9.17, 15) is 4.79 Å². The number of imidazole rings is 1. The molecule has 1 amide bonds.